The van der Waals surface area contributed by atoms with Crippen molar-refractivity contribution in [3.8, 4) is 6.07 Å². The molecule has 19 heavy (non-hydrogen) atoms. The minimum atomic E-state index is 0.153. The highest BCUT2D eigenvalue weighted by Crippen LogP contribution is 2.11. The van der Waals surface area contributed by atoms with Crippen molar-refractivity contribution < 1.29 is 5.11 Å². The molecule has 2 aromatic rings. The molecule has 0 saturated carbocycles. The van der Waals surface area contributed by atoms with Crippen LogP contribution in [0.2, 0.25) is 0 Å². The van der Waals surface area contributed by atoms with E-state index in [1.165, 1.54) is 0 Å². The molecule has 0 aliphatic rings. The molecule has 5 nitrogen and oxygen atoms in total. The first kappa shape index (κ1) is 13.5. The molecular weight excluding hydrogens is 240 g/mol. The predicted octanol–water partition coefficient (Wildman–Crippen LogP) is 1.41. The van der Waals surface area contributed by atoms with Crippen molar-refractivity contribution in [3.63, 3.8) is 0 Å². The normalized spacial score (nSPS) is 11.1. The molecule has 0 atom stereocenters. The van der Waals surface area contributed by atoms with Crippen LogP contribution in [-0.4, -0.2) is 39.1 Å². The van der Waals surface area contributed by atoms with Gasteiger partial charge in [-0.3, -0.25) is 4.90 Å². The molecular formula is C14H18N4O. The first-order valence-corrected chi connectivity index (χ1v) is 6.47. The number of imidazole rings is 1. The molecule has 0 radical (unpaired) electrons. The SMILES string of the molecule is CCCN(CCO)Cc1cnc2ccc(C#N)cn12. The maximum absolute atomic E-state index is 9.08. The number of nitrogens with zero attached hydrogens (tertiary/aromatic N) is 4. The predicted molar refractivity (Wildman–Crippen MR) is 72.6 cm³/mol. The minimum absolute atomic E-state index is 0.153. The Kier molecular flexibility index (Phi) is 4.50. The summed E-state index contributed by atoms with van der Waals surface area (Å²) in [4.78, 5) is 6.51. The Morgan fingerprint density at radius 3 is 2.95 bits per heavy atom. The molecule has 1 N–H and O–H groups in total. The lowest BCUT2D eigenvalue weighted by Crippen LogP contribution is -2.27. The molecule has 0 unspecified atom stereocenters. The number of hydrogen-bond donors (Lipinski definition) is 1. The summed E-state index contributed by atoms with van der Waals surface area (Å²) in [6.45, 7) is 4.59. The number of pyridine rings is 1. The van der Waals surface area contributed by atoms with Crippen LogP contribution in [0.4, 0.5) is 0 Å². The van der Waals surface area contributed by atoms with Gasteiger partial charge in [0, 0.05) is 19.3 Å². The quantitative estimate of drug-likeness (QED) is 0.851. The molecule has 0 spiro atoms. The smallest absolute Gasteiger partial charge is 0.137 e. The second kappa shape index (κ2) is 6.32. The molecule has 2 aromatic heterocycles. The zero-order valence-electron chi connectivity index (χ0n) is 11.1. The number of aliphatic hydroxyl groups excluding tert-OH is 1. The summed E-state index contributed by atoms with van der Waals surface area (Å²) in [6, 6.07) is 5.75. The fourth-order valence-corrected chi connectivity index (χ4v) is 2.17. The maximum Gasteiger partial charge on any atom is 0.137 e. The number of fused-ring (bicyclic) bond motifs is 1. The van der Waals surface area contributed by atoms with Gasteiger partial charge in [-0.25, -0.2) is 4.98 Å². The maximum atomic E-state index is 9.08. The third-order valence-electron chi connectivity index (χ3n) is 3.05. The number of aliphatic hydroxyl groups is 1. The summed E-state index contributed by atoms with van der Waals surface area (Å²) < 4.78 is 1.94. The number of hydrogen-bond acceptors (Lipinski definition) is 4. The van der Waals surface area contributed by atoms with E-state index < -0.39 is 0 Å². The van der Waals surface area contributed by atoms with Crippen molar-refractivity contribution >= 4 is 5.65 Å². The van der Waals surface area contributed by atoms with Crippen molar-refractivity contribution in [2.75, 3.05) is 19.7 Å². The van der Waals surface area contributed by atoms with E-state index in [0.29, 0.717) is 12.1 Å². The molecule has 0 bridgehead atoms. The van der Waals surface area contributed by atoms with Gasteiger partial charge in [0.15, 0.2) is 0 Å². The zero-order valence-corrected chi connectivity index (χ0v) is 11.1. The van der Waals surface area contributed by atoms with Crippen LogP contribution in [0.1, 0.15) is 24.6 Å². The first-order valence-electron chi connectivity index (χ1n) is 6.47. The number of rotatable bonds is 6. The van der Waals surface area contributed by atoms with Crippen LogP contribution in [-0.2, 0) is 6.54 Å². The van der Waals surface area contributed by atoms with Crippen LogP contribution in [0.15, 0.2) is 24.5 Å². The Morgan fingerprint density at radius 1 is 1.42 bits per heavy atom. The Labute approximate surface area is 112 Å². The lowest BCUT2D eigenvalue weighted by atomic mass is 10.3. The van der Waals surface area contributed by atoms with E-state index in [9.17, 15) is 0 Å². The minimum Gasteiger partial charge on any atom is -0.395 e. The zero-order chi connectivity index (χ0) is 13.7. The van der Waals surface area contributed by atoms with Gasteiger partial charge >= 0.3 is 0 Å². The average molecular weight is 258 g/mol. The van der Waals surface area contributed by atoms with Gasteiger partial charge in [0.25, 0.3) is 0 Å². The van der Waals surface area contributed by atoms with Crippen LogP contribution in [0.5, 0.6) is 0 Å². The van der Waals surface area contributed by atoms with Crippen LogP contribution in [0.25, 0.3) is 5.65 Å². The Balaban J connectivity index is 2.26. The lowest BCUT2D eigenvalue weighted by Gasteiger charge is -2.20. The molecule has 0 fully saturated rings. The van der Waals surface area contributed by atoms with Crippen LogP contribution >= 0.6 is 0 Å². The van der Waals surface area contributed by atoms with Crippen LogP contribution in [0.3, 0.4) is 0 Å². The summed E-state index contributed by atoms with van der Waals surface area (Å²) in [5, 5.41) is 18.0. The van der Waals surface area contributed by atoms with Gasteiger partial charge < -0.3 is 9.51 Å². The van der Waals surface area contributed by atoms with E-state index in [4.69, 9.17) is 10.4 Å². The topological polar surface area (TPSA) is 64.6 Å². The molecule has 0 amide bonds. The number of aromatic nitrogens is 2. The van der Waals surface area contributed by atoms with Gasteiger partial charge in [-0.2, -0.15) is 5.26 Å². The van der Waals surface area contributed by atoms with Crippen molar-refractivity contribution in [2.24, 2.45) is 0 Å². The average Bonchev–Trinajstić information content (AvgIpc) is 2.82. The molecule has 0 aliphatic carbocycles. The van der Waals surface area contributed by atoms with E-state index in [2.05, 4.69) is 22.9 Å². The molecule has 5 heteroatoms. The van der Waals surface area contributed by atoms with Gasteiger partial charge in [0.2, 0.25) is 0 Å². The van der Waals surface area contributed by atoms with E-state index in [-0.39, 0.29) is 6.61 Å². The summed E-state index contributed by atoms with van der Waals surface area (Å²) in [5.41, 5.74) is 2.50. The Bertz CT molecular complexity index is 579. The third-order valence-corrected chi connectivity index (χ3v) is 3.05. The lowest BCUT2D eigenvalue weighted by molar-refractivity contribution is 0.188. The van der Waals surface area contributed by atoms with Gasteiger partial charge in [0.1, 0.15) is 11.7 Å². The summed E-state index contributed by atoms with van der Waals surface area (Å²) in [5.74, 6) is 0. The fourth-order valence-electron chi connectivity index (χ4n) is 2.17. The molecule has 2 rings (SSSR count). The fraction of sp³-hybridized carbons (Fsp3) is 0.429. The molecule has 100 valence electrons. The largest absolute Gasteiger partial charge is 0.395 e. The summed E-state index contributed by atoms with van der Waals surface area (Å²) in [6.07, 6.45) is 4.68. The summed E-state index contributed by atoms with van der Waals surface area (Å²) >= 11 is 0. The Hall–Kier alpha value is -1.90. The van der Waals surface area contributed by atoms with Crippen LogP contribution in [0, 0.1) is 11.3 Å². The van der Waals surface area contributed by atoms with Crippen LogP contribution < -0.4 is 0 Å². The molecule has 0 aliphatic heterocycles. The van der Waals surface area contributed by atoms with Gasteiger partial charge in [-0.1, -0.05) is 6.92 Å². The standard InChI is InChI=1S/C14H18N4O/c1-2-5-17(6-7-19)11-13-9-16-14-4-3-12(8-15)10-18(13)14/h3-4,9-10,19H,2,5-7,11H2,1H3. The van der Waals surface area contributed by atoms with E-state index in [1.807, 2.05) is 16.7 Å². The summed E-state index contributed by atoms with van der Waals surface area (Å²) in [7, 11) is 0. The Morgan fingerprint density at radius 2 is 2.26 bits per heavy atom. The van der Waals surface area contributed by atoms with Gasteiger partial charge in [-0.05, 0) is 25.1 Å². The van der Waals surface area contributed by atoms with Gasteiger partial charge in [0.05, 0.1) is 24.1 Å². The molecule has 2 heterocycles. The third kappa shape index (κ3) is 3.11. The van der Waals surface area contributed by atoms with Crippen molar-refractivity contribution in [3.05, 3.63) is 35.8 Å². The van der Waals surface area contributed by atoms with Crippen molar-refractivity contribution in [1.29, 1.82) is 5.26 Å². The van der Waals surface area contributed by atoms with Gasteiger partial charge in [-0.15, -0.1) is 0 Å². The molecule has 0 saturated heterocycles. The second-order valence-electron chi connectivity index (χ2n) is 4.51. The van der Waals surface area contributed by atoms with E-state index in [0.717, 1.165) is 30.9 Å². The molecule has 0 aromatic carbocycles. The highest BCUT2D eigenvalue weighted by Gasteiger charge is 2.09. The van der Waals surface area contributed by atoms with E-state index in [1.54, 1.807) is 12.3 Å². The number of nitriles is 1. The second-order valence-corrected chi connectivity index (χ2v) is 4.51. The highest BCUT2D eigenvalue weighted by molar-refractivity contribution is 5.44. The van der Waals surface area contributed by atoms with E-state index >= 15 is 0 Å². The van der Waals surface area contributed by atoms with Crippen molar-refractivity contribution in [1.82, 2.24) is 14.3 Å². The monoisotopic (exact) mass is 258 g/mol. The highest BCUT2D eigenvalue weighted by atomic mass is 16.3. The van der Waals surface area contributed by atoms with Crippen molar-refractivity contribution in [2.45, 2.75) is 19.9 Å². The first-order chi connectivity index (χ1) is 9.28.